The van der Waals surface area contributed by atoms with E-state index >= 15 is 0 Å². The molecule has 1 rings (SSSR count). The molecule has 2 atom stereocenters. The summed E-state index contributed by atoms with van der Waals surface area (Å²) in [5, 5.41) is 9.84. The van der Waals surface area contributed by atoms with Gasteiger partial charge in [0.25, 0.3) is 0 Å². The van der Waals surface area contributed by atoms with Crippen LogP contribution in [-0.4, -0.2) is 37.3 Å². The van der Waals surface area contributed by atoms with Gasteiger partial charge in [0.2, 0.25) is 0 Å². The number of carbonyl (C=O) groups excluding carboxylic acids is 2. The van der Waals surface area contributed by atoms with E-state index < -0.39 is 24.1 Å². The number of esters is 2. The predicted molar refractivity (Wildman–Crippen MR) is 62.7 cm³/mol. The van der Waals surface area contributed by atoms with Crippen molar-refractivity contribution in [2.75, 3.05) is 14.2 Å². The third-order valence-electron chi connectivity index (χ3n) is 2.49. The molecule has 0 unspecified atom stereocenters. The van der Waals surface area contributed by atoms with Crippen molar-refractivity contribution >= 4 is 11.9 Å². The summed E-state index contributed by atoms with van der Waals surface area (Å²) in [4.78, 5) is 22.4. The first kappa shape index (κ1) is 14.1. The molecule has 6 heteroatoms. The summed E-state index contributed by atoms with van der Waals surface area (Å²) in [5.41, 5.74) is 6.28. The van der Waals surface area contributed by atoms with Gasteiger partial charge in [0.15, 0.2) is 0 Å². The molecule has 18 heavy (non-hydrogen) atoms. The summed E-state index contributed by atoms with van der Waals surface area (Å²) >= 11 is 0. The van der Waals surface area contributed by atoms with E-state index in [4.69, 9.17) is 5.73 Å². The number of nitrogens with two attached hydrogens (primary N) is 1. The number of hydrogen-bond acceptors (Lipinski definition) is 6. The molecule has 0 heterocycles. The highest BCUT2D eigenvalue weighted by atomic mass is 16.5. The maximum Gasteiger partial charge on any atom is 0.337 e. The molecule has 0 amide bonds. The van der Waals surface area contributed by atoms with Crippen molar-refractivity contribution in [3.63, 3.8) is 0 Å². The van der Waals surface area contributed by atoms with Gasteiger partial charge in [-0.25, -0.2) is 4.79 Å². The average Bonchev–Trinajstić information content (AvgIpc) is 2.44. The molecule has 1 aromatic carbocycles. The van der Waals surface area contributed by atoms with Crippen LogP contribution in [0, 0.1) is 0 Å². The Morgan fingerprint density at radius 2 is 1.72 bits per heavy atom. The van der Waals surface area contributed by atoms with Gasteiger partial charge in [-0.05, 0) is 17.7 Å². The van der Waals surface area contributed by atoms with Crippen molar-refractivity contribution in [2.45, 2.75) is 12.1 Å². The number of aliphatic hydroxyl groups is 1. The van der Waals surface area contributed by atoms with Crippen LogP contribution in [0.25, 0.3) is 0 Å². The number of benzene rings is 1. The van der Waals surface area contributed by atoms with Crippen LogP contribution in [-0.2, 0) is 14.3 Å². The van der Waals surface area contributed by atoms with Crippen LogP contribution in [0.3, 0.4) is 0 Å². The van der Waals surface area contributed by atoms with Crippen molar-refractivity contribution < 1.29 is 24.2 Å². The fourth-order valence-corrected chi connectivity index (χ4v) is 1.41. The second-order valence-corrected chi connectivity index (χ2v) is 3.61. The van der Waals surface area contributed by atoms with Crippen LogP contribution in [0.2, 0.25) is 0 Å². The Morgan fingerprint density at radius 1 is 1.17 bits per heavy atom. The van der Waals surface area contributed by atoms with E-state index in [2.05, 4.69) is 9.47 Å². The second-order valence-electron chi connectivity index (χ2n) is 3.61. The molecule has 0 fully saturated rings. The van der Waals surface area contributed by atoms with E-state index in [1.165, 1.54) is 38.5 Å². The molecule has 0 aliphatic rings. The zero-order valence-corrected chi connectivity index (χ0v) is 10.1. The van der Waals surface area contributed by atoms with Crippen LogP contribution < -0.4 is 5.73 Å². The van der Waals surface area contributed by atoms with Crippen molar-refractivity contribution in [3.8, 4) is 0 Å². The summed E-state index contributed by atoms with van der Waals surface area (Å²) in [6.45, 7) is 0. The number of ether oxygens (including phenoxy) is 2. The number of rotatable bonds is 4. The van der Waals surface area contributed by atoms with Gasteiger partial charge in [-0.1, -0.05) is 12.1 Å². The smallest absolute Gasteiger partial charge is 0.337 e. The molecule has 0 bridgehead atoms. The van der Waals surface area contributed by atoms with Crippen LogP contribution >= 0.6 is 0 Å². The van der Waals surface area contributed by atoms with Crippen LogP contribution in [0.1, 0.15) is 22.0 Å². The van der Waals surface area contributed by atoms with Crippen LogP contribution in [0.15, 0.2) is 24.3 Å². The molecular formula is C12H15NO5. The lowest BCUT2D eigenvalue weighted by molar-refractivity contribution is -0.145. The number of hydrogen-bond donors (Lipinski definition) is 2. The first-order valence-electron chi connectivity index (χ1n) is 5.21. The highest BCUT2D eigenvalue weighted by Crippen LogP contribution is 2.17. The zero-order chi connectivity index (χ0) is 13.7. The molecule has 0 radical (unpaired) electrons. The Kier molecular flexibility index (Phi) is 4.82. The van der Waals surface area contributed by atoms with Gasteiger partial charge in [-0.3, -0.25) is 4.79 Å². The third-order valence-corrected chi connectivity index (χ3v) is 2.49. The lowest BCUT2D eigenvalue weighted by Crippen LogP contribution is -2.37. The topological polar surface area (TPSA) is 98.9 Å². The Bertz CT molecular complexity index is 429. The molecular weight excluding hydrogens is 238 g/mol. The second kappa shape index (κ2) is 6.13. The Balaban J connectivity index is 2.85. The zero-order valence-electron chi connectivity index (χ0n) is 10.1. The van der Waals surface area contributed by atoms with Gasteiger partial charge >= 0.3 is 11.9 Å². The Hall–Kier alpha value is -1.92. The van der Waals surface area contributed by atoms with Crippen molar-refractivity contribution in [3.05, 3.63) is 35.4 Å². The van der Waals surface area contributed by atoms with Gasteiger partial charge in [-0.15, -0.1) is 0 Å². The summed E-state index contributed by atoms with van der Waals surface area (Å²) in [6.07, 6.45) is -1.19. The molecule has 3 N–H and O–H groups in total. The molecule has 0 aromatic heterocycles. The van der Waals surface area contributed by atoms with Crippen molar-refractivity contribution in [1.82, 2.24) is 0 Å². The van der Waals surface area contributed by atoms with Crippen molar-refractivity contribution in [1.29, 1.82) is 0 Å². The molecule has 0 saturated carbocycles. The summed E-state index contributed by atoms with van der Waals surface area (Å²) in [7, 11) is 2.47. The van der Waals surface area contributed by atoms with E-state index in [1.807, 2.05) is 0 Å². The number of carbonyl (C=O) groups is 2. The van der Waals surface area contributed by atoms with Gasteiger partial charge in [0, 0.05) is 0 Å². The molecule has 0 aliphatic carbocycles. The summed E-state index contributed by atoms with van der Waals surface area (Å²) < 4.78 is 8.98. The molecule has 0 spiro atoms. The molecule has 6 nitrogen and oxygen atoms in total. The normalized spacial score (nSPS) is 13.6. The maximum atomic E-state index is 11.2. The quantitative estimate of drug-likeness (QED) is 0.733. The molecule has 1 aromatic rings. The molecule has 0 aliphatic heterocycles. The van der Waals surface area contributed by atoms with Gasteiger partial charge in [-0.2, -0.15) is 0 Å². The van der Waals surface area contributed by atoms with E-state index in [0.717, 1.165) is 0 Å². The minimum Gasteiger partial charge on any atom is -0.468 e. The van der Waals surface area contributed by atoms with Gasteiger partial charge in [0.1, 0.15) is 12.1 Å². The van der Waals surface area contributed by atoms with Crippen LogP contribution in [0.4, 0.5) is 0 Å². The first-order chi connectivity index (χ1) is 8.51. The van der Waals surface area contributed by atoms with E-state index in [1.54, 1.807) is 0 Å². The first-order valence-corrected chi connectivity index (χ1v) is 5.21. The molecule has 0 saturated heterocycles. The third kappa shape index (κ3) is 3.06. The SMILES string of the molecule is COC(=O)c1ccc([C@@H](O)[C@@H](N)C(=O)OC)cc1. The minimum absolute atomic E-state index is 0.347. The maximum absolute atomic E-state index is 11.2. The largest absolute Gasteiger partial charge is 0.468 e. The fraction of sp³-hybridized carbons (Fsp3) is 0.333. The Morgan fingerprint density at radius 3 is 2.17 bits per heavy atom. The van der Waals surface area contributed by atoms with Crippen molar-refractivity contribution in [2.24, 2.45) is 5.73 Å². The van der Waals surface area contributed by atoms with Gasteiger partial charge < -0.3 is 20.3 Å². The molecule has 98 valence electrons. The summed E-state index contributed by atoms with van der Waals surface area (Å²) in [5.74, 6) is -1.19. The lowest BCUT2D eigenvalue weighted by atomic mass is 10.0. The number of aliphatic hydroxyl groups excluding tert-OH is 1. The number of methoxy groups -OCH3 is 2. The lowest BCUT2D eigenvalue weighted by Gasteiger charge is -2.16. The van der Waals surface area contributed by atoms with Crippen LogP contribution in [0.5, 0.6) is 0 Å². The Labute approximate surface area is 104 Å². The van der Waals surface area contributed by atoms with E-state index in [0.29, 0.717) is 11.1 Å². The summed E-state index contributed by atoms with van der Waals surface area (Å²) in [6, 6.07) is 4.79. The fourth-order valence-electron chi connectivity index (χ4n) is 1.41. The van der Waals surface area contributed by atoms with E-state index in [-0.39, 0.29) is 0 Å². The monoisotopic (exact) mass is 253 g/mol. The average molecular weight is 253 g/mol. The highest BCUT2D eigenvalue weighted by molar-refractivity contribution is 5.89. The minimum atomic E-state index is -1.19. The van der Waals surface area contributed by atoms with E-state index in [9.17, 15) is 14.7 Å². The standard InChI is InChI=1S/C12H15NO5/c1-17-11(15)8-5-3-7(4-6-8)10(14)9(13)12(16)18-2/h3-6,9-10,14H,13H2,1-2H3/t9-,10-/m1/s1. The predicted octanol–water partition coefficient (Wildman–Crippen LogP) is 0.00690. The van der Waals surface area contributed by atoms with Gasteiger partial charge in [0.05, 0.1) is 19.8 Å². The highest BCUT2D eigenvalue weighted by Gasteiger charge is 2.24.